The molecule has 1 aromatic heterocycles. The van der Waals surface area contributed by atoms with Crippen molar-refractivity contribution >= 4 is 22.5 Å². The molecule has 3 aromatic rings. The fraction of sp³-hybridized carbons (Fsp3) is 0.348. The number of aromatic amines is 1. The van der Waals surface area contributed by atoms with Crippen LogP contribution in [0.15, 0.2) is 48.5 Å². The maximum Gasteiger partial charge on any atom is 0.219 e. The molecule has 5 heteroatoms. The molecule has 2 heterocycles. The van der Waals surface area contributed by atoms with E-state index in [1.165, 1.54) is 33.4 Å². The zero-order chi connectivity index (χ0) is 19.5. The highest BCUT2D eigenvalue weighted by atomic mass is 16.2. The van der Waals surface area contributed by atoms with Gasteiger partial charge in [-0.2, -0.15) is 0 Å². The van der Waals surface area contributed by atoms with Gasteiger partial charge in [0.25, 0.3) is 0 Å². The number of nitrogens with one attached hydrogen (secondary N) is 2. The van der Waals surface area contributed by atoms with Crippen LogP contribution >= 0.6 is 0 Å². The summed E-state index contributed by atoms with van der Waals surface area (Å²) < 4.78 is 0. The van der Waals surface area contributed by atoms with Crippen molar-refractivity contribution in [1.82, 2.24) is 15.2 Å². The van der Waals surface area contributed by atoms with Crippen molar-refractivity contribution in [3.05, 3.63) is 65.4 Å². The van der Waals surface area contributed by atoms with Crippen molar-refractivity contribution in [2.45, 2.75) is 26.9 Å². The number of amides is 1. The Hall–Kier alpha value is -2.79. The largest absolute Gasteiger partial charge is 0.368 e. The SMILES string of the molecule is CC(=O)N1CCN(c2ccccc2CNCc2ccc3[nH]c(C)cc3c2)CC1. The summed E-state index contributed by atoms with van der Waals surface area (Å²) in [5.41, 5.74) is 6.25. The zero-order valence-corrected chi connectivity index (χ0v) is 16.7. The summed E-state index contributed by atoms with van der Waals surface area (Å²) >= 11 is 0. The second kappa shape index (κ2) is 8.07. The number of rotatable bonds is 5. The van der Waals surface area contributed by atoms with E-state index >= 15 is 0 Å². The molecule has 1 aliphatic heterocycles. The average molecular weight is 377 g/mol. The molecule has 0 unspecified atom stereocenters. The Morgan fingerprint density at radius 3 is 2.61 bits per heavy atom. The highest BCUT2D eigenvalue weighted by Crippen LogP contribution is 2.22. The normalized spacial score (nSPS) is 14.6. The molecule has 0 spiro atoms. The van der Waals surface area contributed by atoms with Gasteiger partial charge in [0.2, 0.25) is 5.91 Å². The van der Waals surface area contributed by atoms with Crippen molar-refractivity contribution in [1.29, 1.82) is 0 Å². The summed E-state index contributed by atoms with van der Waals surface area (Å²) in [6, 6.07) is 17.3. The predicted molar refractivity (Wildman–Crippen MR) is 114 cm³/mol. The molecule has 2 aromatic carbocycles. The minimum Gasteiger partial charge on any atom is -0.368 e. The molecule has 4 rings (SSSR count). The van der Waals surface area contributed by atoms with Gasteiger partial charge in [0.05, 0.1) is 0 Å². The number of anilines is 1. The van der Waals surface area contributed by atoms with Crippen LogP contribution in [0.4, 0.5) is 5.69 Å². The van der Waals surface area contributed by atoms with Gasteiger partial charge in [0.15, 0.2) is 0 Å². The Labute approximate surface area is 166 Å². The van der Waals surface area contributed by atoms with Crippen LogP contribution in [0.5, 0.6) is 0 Å². The Morgan fingerprint density at radius 2 is 1.82 bits per heavy atom. The van der Waals surface area contributed by atoms with Gasteiger partial charge in [-0.25, -0.2) is 0 Å². The van der Waals surface area contributed by atoms with E-state index in [1.54, 1.807) is 6.92 Å². The Balaban J connectivity index is 1.39. The smallest absolute Gasteiger partial charge is 0.219 e. The van der Waals surface area contributed by atoms with E-state index in [0.717, 1.165) is 39.3 Å². The van der Waals surface area contributed by atoms with Gasteiger partial charge >= 0.3 is 0 Å². The first-order valence-electron chi connectivity index (χ1n) is 9.97. The molecule has 1 fully saturated rings. The lowest BCUT2D eigenvalue weighted by Gasteiger charge is -2.36. The molecular weight excluding hydrogens is 348 g/mol. The Morgan fingerprint density at radius 1 is 1.04 bits per heavy atom. The lowest BCUT2D eigenvalue weighted by atomic mass is 10.1. The molecule has 1 aliphatic rings. The lowest BCUT2D eigenvalue weighted by molar-refractivity contribution is -0.129. The van der Waals surface area contributed by atoms with Crippen LogP contribution in [0, 0.1) is 6.92 Å². The molecule has 2 N–H and O–H groups in total. The molecule has 0 radical (unpaired) electrons. The third-order valence-corrected chi connectivity index (χ3v) is 5.52. The van der Waals surface area contributed by atoms with Crippen LogP contribution in [0.1, 0.15) is 23.7 Å². The molecule has 28 heavy (non-hydrogen) atoms. The van der Waals surface area contributed by atoms with Crippen LogP contribution in [-0.4, -0.2) is 42.0 Å². The van der Waals surface area contributed by atoms with Crippen LogP contribution in [0.2, 0.25) is 0 Å². The Kier molecular flexibility index (Phi) is 5.35. The standard InChI is InChI=1S/C23H28N4O/c1-17-13-21-14-19(7-8-22(21)25-17)15-24-16-20-5-3-4-6-23(20)27-11-9-26(10-12-27)18(2)28/h3-8,13-14,24-25H,9-12,15-16H2,1-2H3. The molecule has 0 saturated carbocycles. The van der Waals surface area contributed by atoms with Crippen molar-refractivity contribution in [3.63, 3.8) is 0 Å². The molecule has 0 aliphatic carbocycles. The second-order valence-corrected chi connectivity index (χ2v) is 7.60. The number of carbonyl (C=O) groups is 1. The topological polar surface area (TPSA) is 51.4 Å². The monoisotopic (exact) mass is 376 g/mol. The highest BCUT2D eigenvalue weighted by Gasteiger charge is 2.20. The highest BCUT2D eigenvalue weighted by molar-refractivity contribution is 5.81. The maximum absolute atomic E-state index is 11.6. The number of piperazine rings is 1. The van der Waals surface area contributed by atoms with E-state index in [-0.39, 0.29) is 5.91 Å². The van der Waals surface area contributed by atoms with Crippen molar-refractivity contribution in [2.24, 2.45) is 0 Å². The lowest BCUT2D eigenvalue weighted by Crippen LogP contribution is -2.48. The minimum absolute atomic E-state index is 0.171. The first-order chi connectivity index (χ1) is 13.6. The van der Waals surface area contributed by atoms with Crippen LogP contribution in [-0.2, 0) is 17.9 Å². The summed E-state index contributed by atoms with van der Waals surface area (Å²) in [5, 5.41) is 4.86. The fourth-order valence-electron chi connectivity index (χ4n) is 4.01. The number of H-pyrrole nitrogens is 1. The Bertz CT molecular complexity index is 970. The summed E-state index contributed by atoms with van der Waals surface area (Å²) in [4.78, 5) is 19.3. The van der Waals surface area contributed by atoms with Crippen molar-refractivity contribution in [2.75, 3.05) is 31.1 Å². The number of nitrogens with zero attached hydrogens (tertiary/aromatic N) is 2. The van der Waals surface area contributed by atoms with Gasteiger partial charge < -0.3 is 20.1 Å². The van der Waals surface area contributed by atoms with E-state index in [0.29, 0.717) is 0 Å². The van der Waals surface area contributed by atoms with Crippen LogP contribution in [0.3, 0.4) is 0 Å². The van der Waals surface area contributed by atoms with Gasteiger partial charge in [-0.15, -0.1) is 0 Å². The van der Waals surface area contributed by atoms with Gasteiger partial charge in [-0.3, -0.25) is 4.79 Å². The molecular formula is C23H28N4O. The van der Waals surface area contributed by atoms with E-state index in [9.17, 15) is 4.79 Å². The summed E-state index contributed by atoms with van der Waals surface area (Å²) in [6.45, 7) is 8.78. The number of hydrogen-bond donors (Lipinski definition) is 2. The summed E-state index contributed by atoms with van der Waals surface area (Å²) in [6.07, 6.45) is 0. The van der Waals surface area contributed by atoms with E-state index in [4.69, 9.17) is 0 Å². The number of aromatic nitrogens is 1. The summed E-state index contributed by atoms with van der Waals surface area (Å²) in [7, 11) is 0. The predicted octanol–water partition coefficient (Wildman–Crippen LogP) is 3.43. The quantitative estimate of drug-likeness (QED) is 0.717. The molecule has 0 atom stereocenters. The second-order valence-electron chi connectivity index (χ2n) is 7.60. The molecule has 1 amide bonds. The van der Waals surface area contributed by atoms with Crippen molar-refractivity contribution < 1.29 is 4.79 Å². The number of carbonyl (C=O) groups excluding carboxylic acids is 1. The zero-order valence-electron chi connectivity index (χ0n) is 16.7. The number of hydrogen-bond acceptors (Lipinski definition) is 3. The van der Waals surface area contributed by atoms with E-state index < -0.39 is 0 Å². The third-order valence-electron chi connectivity index (χ3n) is 5.52. The van der Waals surface area contributed by atoms with Crippen molar-refractivity contribution in [3.8, 4) is 0 Å². The molecule has 5 nitrogen and oxygen atoms in total. The number of aryl methyl sites for hydroxylation is 1. The maximum atomic E-state index is 11.6. The number of para-hydroxylation sites is 1. The van der Waals surface area contributed by atoms with Gasteiger partial charge in [-0.1, -0.05) is 24.3 Å². The number of benzene rings is 2. The van der Waals surface area contributed by atoms with Gasteiger partial charge in [0, 0.05) is 63.1 Å². The first kappa shape index (κ1) is 18.6. The van der Waals surface area contributed by atoms with E-state index in [2.05, 4.69) is 70.7 Å². The minimum atomic E-state index is 0.171. The van der Waals surface area contributed by atoms with E-state index in [1.807, 2.05) is 4.90 Å². The number of fused-ring (bicyclic) bond motifs is 1. The third kappa shape index (κ3) is 4.04. The molecule has 1 saturated heterocycles. The molecule has 0 bridgehead atoms. The van der Waals surface area contributed by atoms with Crippen LogP contribution < -0.4 is 10.2 Å². The molecule has 146 valence electrons. The summed E-state index contributed by atoms with van der Waals surface area (Å²) in [5.74, 6) is 0.171. The fourth-order valence-corrected chi connectivity index (χ4v) is 4.01. The average Bonchev–Trinajstić information content (AvgIpc) is 3.08. The van der Waals surface area contributed by atoms with Crippen LogP contribution in [0.25, 0.3) is 10.9 Å². The van der Waals surface area contributed by atoms with Gasteiger partial charge in [-0.05, 0) is 47.7 Å². The van der Waals surface area contributed by atoms with Gasteiger partial charge in [0.1, 0.15) is 0 Å². The first-order valence-corrected chi connectivity index (χ1v) is 9.97.